The van der Waals surface area contributed by atoms with Crippen molar-refractivity contribution in [2.24, 2.45) is 0 Å². The van der Waals surface area contributed by atoms with Crippen LogP contribution in [0.1, 0.15) is 11.1 Å². The molecule has 0 amide bonds. The number of halogens is 6. The van der Waals surface area contributed by atoms with Crippen molar-refractivity contribution >= 4 is 40.4 Å². The lowest BCUT2D eigenvalue weighted by atomic mass is 10.1. The van der Waals surface area contributed by atoms with Crippen LogP contribution >= 0.6 is 23.8 Å². The smallest absolute Gasteiger partial charge is 0.200 e. The Morgan fingerprint density at radius 2 is 1.56 bits per heavy atom. The summed E-state index contributed by atoms with van der Waals surface area (Å²) in [5.74, 6) is -9.88. The van der Waals surface area contributed by atoms with Gasteiger partial charge in [-0.1, -0.05) is 29.8 Å². The molecule has 0 aliphatic heterocycles. The van der Waals surface area contributed by atoms with Crippen molar-refractivity contribution in [1.29, 1.82) is 0 Å². The molecule has 4 aromatic rings. The minimum Gasteiger partial charge on any atom is -0.330 e. The first-order chi connectivity index (χ1) is 16.2. The Morgan fingerprint density at radius 1 is 0.882 bits per heavy atom. The van der Waals surface area contributed by atoms with Gasteiger partial charge in [0.25, 0.3) is 0 Å². The van der Waals surface area contributed by atoms with Crippen molar-refractivity contribution in [3.8, 4) is 0 Å². The van der Waals surface area contributed by atoms with Gasteiger partial charge < -0.3 is 10.6 Å². The maximum Gasteiger partial charge on any atom is 0.200 e. The van der Waals surface area contributed by atoms with Gasteiger partial charge in [0.1, 0.15) is 0 Å². The van der Waals surface area contributed by atoms with Gasteiger partial charge in [0.2, 0.25) is 5.82 Å². The van der Waals surface area contributed by atoms with Crippen LogP contribution in [-0.2, 0) is 13.1 Å². The molecule has 0 spiro atoms. The van der Waals surface area contributed by atoms with Crippen molar-refractivity contribution in [3.05, 3.63) is 94.2 Å². The van der Waals surface area contributed by atoms with Crippen LogP contribution in [0.25, 0.3) is 0 Å². The van der Waals surface area contributed by atoms with Crippen LogP contribution in [0, 0.1) is 29.1 Å². The summed E-state index contributed by atoms with van der Waals surface area (Å²) in [7, 11) is 0. The average Bonchev–Trinajstić information content (AvgIpc) is 3.44. The van der Waals surface area contributed by atoms with Crippen molar-refractivity contribution < 1.29 is 22.0 Å². The highest BCUT2D eigenvalue weighted by molar-refractivity contribution is 7.80. The molecule has 6 nitrogen and oxygen atoms in total. The van der Waals surface area contributed by atoms with Crippen LogP contribution in [0.5, 0.6) is 0 Å². The molecule has 2 heterocycles. The maximum absolute atomic E-state index is 13.9. The zero-order chi connectivity index (χ0) is 24.4. The highest BCUT2D eigenvalue weighted by Crippen LogP contribution is 2.24. The van der Waals surface area contributed by atoms with Crippen LogP contribution in [0.3, 0.4) is 0 Å². The summed E-state index contributed by atoms with van der Waals surface area (Å²) in [4.78, 5) is 0. The Bertz CT molecular complexity index is 1340. The van der Waals surface area contributed by atoms with Crippen LogP contribution in [-0.4, -0.2) is 24.7 Å². The standard InChI is InChI=1S/C21H14ClF5N6S/c22-14-4-2-1-3-11(14)8-33-9-12(7-28-33)29-21(34)30-15-5-6-32(31-15)10-13-16(23)18(25)20(27)19(26)17(13)24/h1-7,9H,8,10H2,(H2,29,30,31,34). The van der Waals surface area contributed by atoms with E-state index in [9.17, 15) is 22.0 Å². The first-order valence-electron chi connectivity index (χ1n) is 9.60. The number of hydrogen-bond acceptors (Lipinski definition) is 3. The second-order valence-corrected chi connectivity index (χ2v) is 7.86. The molecule has 0 radical (unpaired) electrons. The SMILES string of the molecule is Fc1c(F)c(F)c(Cn2ccc(NC(=S)Nc3cnn(Cc4ccccc4Cl)c3)n2)c(F)c1F. The minimum absolute atomic E-state index is 0.138. The molecule has 0 saturated heterocycles. The van der Waals surface area contributed by atoms with E-state index in [4.69, 9.17) is 23.8 Å². The number of benzene rings is 2. The number of thiocarbonyl (C=S) groups is 1. The Balaban J connectivity index is 1.38. The molecule has 4 rings (SSSR count). The largest absolute Gasteiger partial charge is 0.330 e. The van der Waals surface area contributed by atoms with Gasteiger partial charge in [0.05, 0.1) is 30.5 Å². The quantitative estimate of drug-likeness (QED) is 0.158. The van der Waals surface area contributed by atoms with E-state index in [2.05, 4.69) is 20.8 Å². The van der Waals surface area contributed by atoms with Crippen molar-refractivity contribution in [2.45, 2.75) is 13.1 Å². The van der Waals surface area contributed by atoms with Gasteiger partial charge in [-0.25, -0.2) is 22.0 Å². The van der Waals surface area contributed by atoms with E-state index in [1.54, 1.807) is 23.1 Å². The van der Waals surface area contributed by atoms with Crippen LogP contribution < -0.4 is 10.6 Å². The molecule has 2 aromatic carbocycles. The molecule has 13 heteroatoms. The molecule has 0 aliphatic rings. The molecule has 0 aliphatic carbocycles. The first-order valence-corrected chi connectivity index (χ1v) is 10.4. The Hall–Kier alpha value is -3.51. The molecule has 0 atom stereocenters. The predicted molar refractivity (Wildman–Crippen MR) is 120 cm³/mol. The van der Waals surface area contributed by atoms with Gasteiger partial charge in [-0.15, -0.1) is 0 Å². The Labute approximate surface area is 200 Å². The molecular weight excluding hydrogens is 499 g/mol. The van der Waals surface area contributed by atoms with Gasteiger partial charge in [-0.2, -0.15) is 10.2 Å². The summed E-state index contributed by atoms with van der Waals surface area (Å²) in [6.07, 6.45) is 4.55. The number of hydrogen-bond donors (Lipinski definition) is 2. The van der Waals surface area contributed by atoms with Crippen LogP contribution in [0.2, 0.25) is 5.02 Å². The lowest BCUT2D eigenvalue weighted by molar-refractivity contribution is 0.367. The molecule has 0 fully saturated rings. The third kappa shape index (κ3) is 5.02. The lowest BCUT2D eigenvalue weighted by Gasteiger charge is -2.09. The average molecular weight is 513 g/mol. The Kier molecular flexibility index (Phi) is 6.80. The first kappa shape index (κ1) is 23.6. The van der Waals surface area contributed by atoms with E-state index >= 15 is 0 Å². The van der Waals surface area contributed by atoms with E-state index in [1.807, 2.05) is 18.2 Å². The fraction of sp³-hybridized carbons (Fsp3) is 0.0952. The number of aromatic nitrogens is 4. The molecule has 34 heavy (non-hydrogen) atoms. The van der Waals surface area contributed by atoms with Gasteiger partial charge in [0.15, 0.2) is 34.2 Å². The Morgan fingerprint density at radius 3 is 2.26 bits per heavy atom. The zero-order valence-corrected chi connectivity index (χ0v) is 18.6. The second-order valence-electron chi connectivity index (χ2n) is 7.04. The fourth-order valence-electron chi connectivity index (χ4n) is 3.06. The van der Waals surface area contributed by atoms with Crippen LogP contribution in [0.15, 0.2) is 48.9 Å². The van der Waals surface area contributed by atoms with Crippen molar-refractivity contribution in [1.82, 2.24) is 19.6 Å². The summed E-state index contributed by atoms with van der Waals surface area (Å²) >= 11 is 11.4. The monoisotopic (exact) mass is 512 g/mol. The maximum atomic E-state index is 13.9. The molecule has 0 bridgehead atoms. The molecule has 176 valence electrons. The summed E-state index contributed by atoms with van der Waals surface area (Å²) < 4.78 is 70.4. The molecule has 0 saturated carbocycles. The highest BCUT2D eigenvalue weighted by atomic mass is 35.5. The second kappa shape index (κ2) is 9.77. The summed E-state index contributed by atoms with van der Waals surface area (Å²) in [6.45, 7) is -0.230. The summed E-state index contributed by atoms with van der Waals surface area (Å²) in [5, 5.41) is 14.6. The summed E-state index contributed by atoms with van der Waals surface area (Å²) in [5.41, 5.74) is 0.460. The minimum atomic E-state index is -2.21. The van der Waals surface area contributed by atoms with E-state index in [0.717, 1.165) is 10.2 Å². The normalized spacial score (nSPS) is 11.0. The summed E-state index contributed by atoms with van der Waals surface area (Å²) in [6, 6.07) is 8.78. The molecule has 0 unspecified atom stereocenters. The molecule has 2 N–H and O–H groups in total. The predicted octanol–water partition coefficient (Wildman–Crippen LogP) is 5.33. The van der Waals surface area contributed by atoms with Crippen molar-refractivity contribution in [3.63, 3.8) is 0 Å². The van der Waals surface area contributed by atoms with E-state index in [0.29, 0.717) is 17.3 Å². The van der Waals surface area contributed by atoms with E-state index < -0.39 is 41.2 Å². The number of nitrogens with zero attached hydrogens (tertiary/aromatic N) is 4. The van der Waals surface area contributed by atoms with Gasteiger partial charge in [-0.3, -0.25) is 9.36 Å². The van der Waals surface area contributed by atoms with Crippen LogP contribution in [0.4, 0.5) is 33.5 Å². The zero-order valence-electron chi connectivity index (χ0n) is 17.0. The number of anilines is 2. The third-order valence-electron chi connectivity index (χ3n) is 4.68. The number of nitrogens with one attached hydrogen (secondary N) is 2. The fourth-order valence-corrected chi connectivity index (χ4v) is 3.48. The van der Waals surface area contributed by atoms with Gasteiger partial charge >= 0.3 is 0 Å². The van der Waals surface area contributed by atoms with Gasteiger partial charge in [0, 0.05) is 23.5 Å². The lowest BCUT2D eigenvalue weighted by Crippen LogP contribution is -2.19. The molecule has 2 aromatic heterocycles. The van der Waals surface area contributed by atoms with E-state index in [-0.39, 0.29) is 10.9 Å². The third-order valence-corrected chi connectivity index (χ3v) is 5.26. The van der Waals surface area contributed by atoms with Crippen molar-refractivity contribution in [2.75, 3.05) is 10.6 Å². The highest BCUT2D eigenvalue weighted by Gasteiger charge is 2.25. The number of rotatable bonds is 6. The topological polar surface area (TPSA) is 59.7 Å². The van der Waals surface area contributed by atoms with Gasteiger partial charge in [-0.05, 0) is 23.8 Å². The van der Waals surface area contributed by atoms with E-state index in [1.165, 1.54) is 12.3 Å². The molecular formula is C21H14ClF5N6S.